The maximum Gasteiger partial charge on any atom is 0.409 e. The summed E-state index contributed by atoms with van der Waals surface area (Å²) in [6, 6.07) is -0.302. The van der Waals surface area contributed by atoms with E-state index < -0.39 is 7.75 Å². The molecule has 104 valence electrons. The van der Waals surface area contributed by atoms with Crippen molar-refractivity contribution >= 4 is 24.6 Å². The second-order valence-corrected chi connectivity index (χ2v) is 8.39. The molecule has 2 aliphatic rings. The summed E-state index contributed by atoms with van der Waals surface area (Å²) in [5.41, 5.74) is 0. The highest BCUT2D eigenvalue weighted by atomic mass is 32.2. The minimum Gasteiger partial charge on any atom is -0.294 e. The van der Waals surface area contributed by atoms with Gasteiger partial charge in [-0.3, -0.25) is 13.8 Å². The van der Waals surface area contributed by atoms with Crippen LogP contribution >= 0.6 is 19.5 Å². The molecular weight excluding hydrogens is 273 g/mol. The molecule has 0 aromatic heterocycles. The topological polar surface area (TPSA) is 55.8 Å². The molecule has 0 saturated carbocycles. The standard InChI is InChI=1S/C11H20NO4PS/c1-7(2)15-17(14,16-8(3)4)12-6-9-5-10(12)11(13)18-9/h7-10H,5-6H2,1-4H3/t9-,10-/m0/s1. The lowest BCUT2D eigenvalue weighted by molar-refractivity contribution is -0.114. The van der Waals surface area contributed by atoms with Crippen molar-refractivity contribution in [3.8, 4) is 0 Å². The van der Waals surface area contributed by atoms with Gasteiger partial charge in [0.25, 0.3) is 0 Å². The summed E-state index contributed by atoms with van der Waals surface area (Å²) in [5.74, 6) is 0. The van der Waals surface area contributed by atoms with E-state index in [1.807, 2.05) is 27.7 Å². The lowest BCUT2D eigenvalue weighted by Gasteiger charge is -2.33. The first kappa shape index (κ1) is 14.5. The quantitative estimate of drug-likeness (QED) is 0.726. The zero-order valence-electron chi connectivity index (χ0n) is 11.2. The van der Waals surface area contributed by atoms with E-state index in [9.17, 15) is 9.36 Å². The largest absolute Gasteiger partial charge is 0.409 e. The summed E-state index contributed by atoms with van der Waals surface area (Å²) in [7, 11) is -3.36. The van der Waals surface area contributed by atoms with Crippen LogP contribution in [0, 0.1) is 0 Å². The molecule has 0 aliphatic carbocycles. The first-order valence-corrected chi connectivity index (χ1v) is 8.64. The maximum absolute atomic E-state index is 12.9. The van der Waals surface area contributed by atoms with Gasteiger partial charge in [0.15, 0.2) is 0 Å². The number of hydrogen-bond acceptors (Lipinski definition) is 5. The zero-order chi connectivity index (χ0) is 13.5. The average molecular weight is 293 g/mol. The molecule has 0 aromatic carbocycles. The lowest BCUT2D eigenvalue weighted by Crippen LogP contribution is -2.36. The van der Waals surface area contributed by atoms with E-state index in [4.69, 9.17) is 9.05 Å². The summed E-state index contributed by atoms with van der Waals surface area (Å²) in [6.45, 7) is 7.89. The predicted octanol–water partition coefficient (Wildman–Crippen LogP) is 2.66. The minimum atomic E-state index is -3.36. The van der Waals surface area contributed by atoms with Gasteiger partial charge < -0.3 is 0 Å². The Morgan fingerprint density at radius 1 is 1.28 bits per heavy atom. The molecule has 0 spiro atoms. The van der Waals surface area contributed by atoms with Gasteiger partial charge in [0.05, 0.1) is 18.2 Å². The van der Waals surface area contributed by atoms with Crippen molar-refractivity contribution in [1.82, 2.24) is 4.67 Å². The highest BCUT2D eigenvalue weighted by molar-refractivity contribution is 8.14. The molecule has 5 nitrogen and oxygen atoms in total. The van der Waals surface area contributed by atoms with E-state index in [-0.39, 0.29) is 28.6 Å². The van der Waals surface area contributed by atoms with Crippen LogP contribution in [0.4, 0.5) is 0 Å². The van der Waals surface area contributed by atoms with E-state index in [1.54, 1.807) is 4.67 Å². The molecular formula is C11H20NO4PS. The Hall–Kier alpha value is 0.130. The molecule has 0 radical (unpaired) electrons. The van der Waals surface area contributed by atoms with Crippen LogP contribution in [0.5, 0.6) is 0 Å². The Bertz CT molecular complexity index is 373. The van der Waals surface area contributed by atoms with E-state index in [1.165, 1.54) is 11.8 Å². The number of fused-ring (bicyclic) bond motifs is 2. The number of carbonyl (C=O) groups is 1. The number of carbonyl (C=O) groups excluding carboxylic acids is 1. The van der Waals surface area contributed by atoms with Crippen molar-refractivity contribution in [2.24, 2.45) is 0 Å². The highest BCUT2D eigenvalue weighted by Crippen LogP contribution is 2.60. The van der Waals surface area contributed by atoms with Crippen LogP contribution in [-0.2, 0) is 18.4 Å². The third kappa shape index (κ3) is 2.83. The van der Waals surface area contributed by atoms with Crippen LogP contribution in [0.2, 0.25) is 0 Å². The maximum atomic E-state index is 12.9. The second-order valence-electron chi connectivity index (χ2n) is 5.21. The van der Waals surface area contributed by atoms with Crippen LogP contribution in [0.3, 0.4) is 0 Å². The zero-order valence-corrected chi connectivity index (χ0v) is 12.9. The lowest BCUT2D eigenvalue weighted by atomic mass is 10.2. The number of rotatable bonds is 5. The van der Waals surface area contributed by atoms with Crippen molar-refractivity contribution in [2.45, 2.75) is 57.6 Å². The number of hydrogen-bond donors (Lipinski definition) is 0. The molecule has 2 rings (SSSR count). The SMILES string of the molecule is CC(C)OP(=O)(OC(C)C)N1C[C@@H]2C[C@H]1C(=O)S2. The molecule has 0 N–H and O–H groups in total. The van der Waals surface area contributed by atoms with Gasteiger partial charge in [-0.2, -0.15) is 4.67 Å². The van der Waals surface area contributed by atoms with Crippen LogP contribution in [0.15, 0.2) is 0 Å². The molecule has 0 aromatic rings. The Morgan fingerprint density at radius 2 is 1.83 bits per heavy atom. The predicted molar refractivity (Wildman–Crippen MR) is 71.5 cm³/mol. The van der Waals surface area contributed by atoms with Gasteiger partial charge in [0.1, 0.15) is 0 Å². The molecule has 0 amide bonds. The smallest absolute Gasteiger partial charge is 0.294 e. The fraction of sp³-hybridized carbons (Fsp3) is 0.909. The summed E-state index contributed by atoms with van der Waals surface area (Å²) >= 11 is 1.36. The highest BCUT2D eigenvalue weighted by Gasteiger charge is 2.53. The summed E-state index contributed by atoms with van der Waals surface area (Å²) in [6.07, 6.45) is 0.365. The molecule has 2 atom stereocenters. The van der Waals surface area contributed by atoms with Gasteiger partial charge in [-0.1, -0.05) is 11.8 Å². The van der Waals surface area contributed by atoms with Crippen molar-refractivity contribution in [2.75, 3.05) is 6.54 Å². The third-order valence-corrected chi connectivity index (χ3v) is 6.42. The van der Waals surface area contributed by atoms with Crippen LogP contribution in [0.25, 0.3) is 0 Å². The second kappa shape index (κ2) is 5.25. The van der Waals surface area contributed by atoms with Gasteiger partial charge >= 0.3 is 7.75 Å². The molecule has 18 heavy (non-hydrogen) atoms. The van der Waals surface area contributed by atoms with Crippen molar-refractivity contribution in [1.29, 1.82) is 0 Å². The molecule has 2 heterocycles. The van der Waals surface area contributed by atoms with E-state index in [0.717, 1.165) is 6.42 Å². The fourth-order valence-electron chi connectivity index (χ4n) is 2.28. The molecule has 2 aliphatic heterocycles. The van der Waals surface area contributed by atoms with Crippen LogP contribution in [-0.4, -0.2) is 39.8 Å². The van der Waals surface area contributed by atoms with Gasteiger partial charge in [-0.05, 0) is 34.1 Å². The molecule has 0 unspecified atom stereocenters. The van der Waals surface area contributed by atoms with Gasteiger partial charge in [0.2, 0.25) is 5.12 Å². The minimum absolute atomic E-state index is 0.0891. The van der Waals surface area contributed by atoms with Crippen LogP contribution < -0.4 is 0 Å². The first-order chi connectivity index (χ1) is 8.32. The van der Waals surface area contributed by atoms with E-state index in [2.05, 4.69) is 0 Å². The number of thioether (sulfide) groups is 1. The van der Waals surface area contributed by atoms with Gasteiger partial charge in [0, 0.05) is 11.8 Å². The Kier molecular flexibility index (Phi) is 4.24. The third-order valence-electron chi connectivity index (χ3n) is 2.79. The van der Waals surface area contributed by atoms with Gasteiger partial charge in [-0.25, -0.2) is 4.57 Å². The molecule has 2 fully saturated rings. The fourth-order valence-corrected chi connectivity index (χ4v) is 5.98. The van der Waals surface area contributed by atoms with Crippen molar-refractivity contribution in [3.63, 3.8) is 0 Å². The Morgan fingerprint density at radius 3 is 2.22 bits per heavy atom. The van der Waals surface area contributed by atoms with Crippen molar-refractivity contribution < 1.29 is 18.4 Å². The first-order valence-electron chi connectivity index (χ1n) is 6.26. The normalized spacial score (nSPS) is 28.9. The molecule has 7 heteroatoms. The van der Waals surface area contributed by atoms with Crippen LogP contribution in [0.1, 0.15) is 34.1 Å². The molecule has 2 saturated heterocycles. The average Bonchev–Trinajstić information content (AvgIpc) is 2.72. The summed E-state index contributed by atoms with van der Waals surface area (Å²) < 4.78 is 25.6. The van der Waals surface area contributed by atoms with Gasteiger partial charge in [-0.15, -0.1) is 0 Å². The Labute approximate surface area is 112 Å². The number of nitrogens with zero attached hydrogens (tertiary/aromatic N) is 1. The van der Waals surface area contributed by atoms with E-state index in [0.29, 0.717) is 6.54 Å². The van der Waals surface area contributed by atoms with Crippen molar-refractivity contribution in [3.05, 3.63) is 0 Å². The summed E-state index contributed by atoms with van der Waals surface area (Å²) in [5, 5.41) is 0.327. The molecule has 2 bridgehead atoms. The Balaban J connectivity index is 2.19. The monoisotopic (exact) mass is 293 g/mol. The van der Waals surface area contributed by atoms with E-state index >= 15 is 0 Å². The summed E-state index contributed by atoms with van der Waals surface area (Å²) in [4.78, 5) is 11.8.